The molecule has 0 spiro atoms. The lowest BCUT2D eigenvalue weighted by molar-refractivity contribution is 0.0470. The smallest absolute Gasteiger partial charge is 0.191 e. The maximum absolute atomic E-state index is 12.2. The summed E-state index contributed by atoms with van der Waals surface area (Å²) < 4.78 is 6.62. The Bertz CT molecular complexity index is 564. The van der Waals surface area contributed by atoms with Gasteiger partial charge in [0, 0.05) is 16.6 Å². The molecule has 0 aliphatic rings. The number of carbonyl (C=O) groups excluding carboxylic acids is 1. The fourth-order valence-corrected chi connectivity index (χ4v) is 2.37. The van der Waals surface area contributed by atoms with Gasteiger partial charge in [0.15, 0.2) is 5.78 Å². The van der Waals surface area contributed by atoms with Gasteiger partial charge in [-0.1, -0.05) is 58.4 Å². The summed E-state index contributed by atoms with van der Waals surface area (Å²) in [6.07, 6.45) is 1.49. The molecule has 0 saturated heterocycles. The second-order valence-electron chi connectivity index (χ2n) is 4.97. The molecule has 2 aromatic rings. The zero-order chi connectivity index (χ0) is 15.1. The van der Waals surface area contributed by atoms with Crippen molar-refractivity contribution in [1.29, 1.82) is 0 Å². The van der Waals surface area contributed by atoms with E-state index in [2.05, 4.69) is 28.1 Å². The number of benzene rings is 2. The van der Waals surface area contributed by atoms with Gasteiger partial charge in [-0.2, -0.15) is 0 Å². The minimum absolute atomic E-state index is 0.0298. The van der Waals surface area contributed by atoms with E-state index in [1.165, 1.54) is 5.56 Å². The molecule has 0 aromatic heterocycles. The molecule has 0 aliphatic heterocycles. The minimum Gasteiger partial charge on any atom is -0.370 e. The highest BCUT2D eigenvalue weighted by atomic mass is 79.9. The van der Waals surface area contributed by atoms with Crippen LogP contribution in [0.25, 0.3) is 0 Å². The Morgan fingerprint density at radius 3 is 2.43 bits per heavy atom. The zero-order valence-electron chi connectivity index (χ0n) is 12.1. The quantitative estimate of drug-likeness (QED) is 0.537. The van der Waals surface area contributed by atoms with Crippen molar-refractivity contribution in [3.05, 3.63) is 70.2 Å². The van der Waals surface area contributed by atoms with Crippen LogP contribution in [0.15, 0.2) is 59.1 Å². The van der Waals surface area contributed by atoms with Gasteiger partial charge >= 0.3 is 0 Å². The van der Waals surface area contributed by atoms with Crippen molar-refractivity contribution in [2.24, 2.45) is 0 Å². The largest absolute Gasteiger partial charge is 0.370 e. The first-order valence-electron chi connectivity index (χ1n) is 7.12. The Morgan fingerprint density at radius 1 is 1.10 bits per heavy atom. The number of ketones is 1. The van der Waals surface area contributed by atoms with Crippen LogP contribution in [0, 0.1) is 0 Å². The van der Waals surface area contributed by atoms with E-state index < -0.39 is 6.10 Å². The second-order valence-corrected chi connectivity index (χ2v) is 5.89. The van der Waals surface area contributed by atoms with Crippen molar-refractivity contribution in [3.63, 3.8) is 0 Å². The highest BCUT2D eigenvalue weighted by Gasteiger charge is 2.15. The summed E-state index contributed by atoms with van der Waals surface area (Å²) in [5, 5.41) is 0. The minimum atomic E-state index is -0.401. The van der Waals surface area contributed by atoms with Crippen LogP contribution < -0.4 is 0 Å². The van der Waals surface area contributed by atoms with Gasteiger partial charge in [-0.25, -0.2) is 0 Å². The number of aryl methyl sites for hydroxylation is 1. The third kappa shape index (κ3) is 5.10. The maximum Gasteiger partial charge on any atom is 0.191 e. The summed E-state index contributed by atoms with van der Waals surface area (Å²) in [5.41, 5.74) is 1.99. The topological polar surface area (TPSA) is 26.3 Å². The van der Waals surface area contributed by atoms with E-state index in [0.29, 0.717) is 12.2 Å². The van der Waals surface area contributed by atoms with E-state index in [4.69, 9.17) is 4.74 Å². The molecule has 3 heteroatoms. The first-order valence-corrected chi connectivity index (χ1v) is 7.91. The number of ether oxygens (including phenoxy) is 1. The summed E-state index contributed by atoms with van der Waals surface area (Å²) in [7, 11) is 0. The van der Waals surface area contributed by atoms with Crippen LogP contribution in [0.2, 0.25) is 0 Å². The van der Waals surface area contributed by atoms with E-state index >= 15 is 0 Å². The van der Waals surface area contributed by atoms with Gasteiger partial charge in [-0.3, -0.25) is 4.79 Å². The molecule has 0 radical (unpaired) electrons. The Balaban J connectivity index is 1.75. The van der Waals surface area contributed by atoms with Gasteiger partial charge in [-0.05, 0) is 37.5 Å². The maximum atomic E-state index is 12.2. The van der Waals surface area contributed by atoms with Crippen molar-refractivity contribution >= 4 is 21.7 Å². The van der Waals surface area contributed by atoms with Gasteiger partial charge in [0.2, 0.25) is 0 Å². The van der Waals surface area contributed by atoms with Gasteiger partial charge < -0.3 is 4.74 Å². The average molecular weight is 347 g/mol. The van der Waals surface area contributed by atoms with Gasteiger partial charge in [0.05, 0.1) is 0 Å². The predicted molar refractivity (Wildman–Crippen MR) is 88.6 cm³/mol. The van der Waals surface area contributed by atoms with Crippen LogP contribution >= 0.6 is 15.9 Å². The van der Waals surface area contributed by atoms with Crippen LogP contribution in [0.5, 0.6) is 0 Å². The fourth-order valence-electron chi connectivity index (χ4n) is 2.11. The van der Waals surface area contributed by atoms with Crippen molar-refractivity contribution in [2.45, 2.75) is 25.9 Å². The molecule has 0 fully saturated rings. The van der Waals surface area contributed by atoms with Crippen LogP contribution in [0.3, 0.4) is 0 Å². The van der Waals surface area contributed by atoms with Crippen molar-refractivity contribution in [2.75, 3.05) is 6.61 Å². The van der Waals surface area contributed by atoms with Crippen molar-refractivity contribution in [1.82, 2.24) is 0 Å². The Kier molecular flexibility index (Phi) is 6.15. The fraction of sp³-hybridized carbons (Fsp3) is 0.278. The predicted octanol–water partition coefficient (Wildman–Crippen LogP) is 4.67. The number of carbonyl (C=O) groups is 1. The molecule has 1 unspecified atom stereocenters. The van der Waals surface area contributed by atoms with E-state index in [1.54, 1.807) is 0 Å². The molecule has 110 valence electrons. The second kappa shape index (κ2) is 8.11. The molecule has 2 rings (SSSR count). The molecular formula is C18H19BrO2. The number of hydrogen-bond acceptors (Lipinski definition) is 2. The molecule has 21 heavy (non-hydrogen) atoms. The van der Waals surface area contributed by atoms with Crippen LogP contribution in [0.4, 0.5) is 0 Å². The lowest BCUT2D eigenvalue weighted by Crippen LogP contribution is -2.21. The number of Topliss-reactive ketones (excluding diaryl/α,β-unsaturated/α-hetero) is 1. The normalized spacial score (nSPS) is 12.1. The SMILES string of the molecule is CC(OCCCc1ccccc1)C(=O)c1ccc(Br)cc1. The first kappa shape index (κ1) is 15.9. The van der Waals surface area contributed by atoms with E-state index in [0.717, 1.165) is 17.3 Å². The third-order valence-electron chi connectivity index (χ3n) is 3.32. The van der Waals surface area contributed by atoms with Gasteiger partial charge in [0.1, 0.15) is 6.10 Å². The standard InChI is InChI=1S/C18H19BrO2/c1-14(18(20)16-9-11-17(19)12-10-16)21-13-5-8-15-6-3-2-4-7-15/h2-4,6-7,9-12,14H,5,8,13H2,1H3. The van der Waals surface area contributed by atoms with Crippen molar-refractivity contribution < 1.29 is 9.53 Å². The monoisotopic (exact) mass is 346 g/mol. The summed E-state index contributed by atoms with van der Waals surface area (Å²) in [6, 6.07) is 17.7. The average Bonchev–Trinajstić information content (AvgIpc) is 2.52. The van der Waals surface area contributed by atoms with Gasteiger partial charge in [0.25, 0.3) is 0 Å². The summed E-state index contributed by atoms with van der Waals surface area (Å²) in [5.74, 6) is 0.0298. The molecule has 2 nitrogen and oxygen atoms in total. The lowest BCUT2D eigenvalue weighted by atomic mass is 10.1. The molecular weight excluding hydrogens is 328 g/mol. The van der Waals surface area contributed by atoms with Crippen LogP contribution in [-0.4, -0.2) is 18.5 Å². The molecule has 0 saturated carbocycles. The first-order chi connectivity index (χ1) is 10.2. The number of rotatable bonds is 7. The zero-order valence-corrected chi connectivity index (χ0v) is 13.7. The van der Waals surface area contributed by atoms with Crippen LogP contribution in [0.1, 0.15) is 29.3 Å². The third-order valence-corrected chi connectivity index (χ3v) is 3.85. The Hall–Kier alpha value is -1.45. The van der Waals surface area contributed by atoms with Crippen molar-refractivity contribution in [3.8, 4) is 0 Å². The van der Waals surface area contributed by atoms with Crippen LogP contribution in [-0.2, 0) is 11.2 Å². The number of halogens is 1. The summed E-state index contributed by atoms with van der Waals surface area (Å²) in [6.45, 7) is 2.41. The molecule has 1 atom stereocenters. The summed E-state index contributed by atoms with van der Waals surface area (Å²) >= 11 is 3.36. The molecule has 0 bridgehead atoms. The van der Waals surface area contributed by atoms with Gasteiger partial charge in [-0.15, -0.1) is 0 Å². The molecule has 0 heterocycles. The number of hydrogen-bond donors (Lipinski definition) is 0. The molecule has 0 amide bonds. The lowest BCUT2D eigenvalue weighted by Gasteiger charge is -2.12. The molecule has 2 aromatic carbocycles. The molecule has 0 N–H and O–H groups in total. The van der Waals surface area contributed by atoms with E-state index in [-0.39, 0.29) is 5.78 Å². The van der Waals surface area contributed by atoms with E-state index in [1.807, 2.05) is 49.4 Å². The highest BCUT2D eigenvalue weighted by Crippen LogP contribution is 2.13. The van der Waals surface area contributed by atoms with E-state index in [9.17, 15) is 4.79 Å². The Morgan fingerprint density at radius 2 is 1.76 bits per heavy atom. The summed E-state index contributed by atoms with van der Waals surface area (Å²) in [4.78, 5) is 12.2. The highest BCUT2D eigenvalue weighted by molar-refractivity contribution is 9.10. The molecule has 0 aliphatic carbocycles. The Labute approximate surface area is 134 Å².